The number of sulfone groups is 1. The molecule has 34 heavy (non-hydrogen) atoms. The zero-order valence-corrected chi connectivity index (χ0v) is 21.9. The fourth-order valence-corrected chi connectivity index (χ4v) is 6.20. The monoisotopic (exact) mass is 535 g/mol. The SMILES string of the molecule is CC(CCN(C(=O)OC(C)(C)C)S(C)=O)C(c1cc(F)ccc1F)S(=O)(=O)c1ccc(Cl)cc1. The first-order valence-corrected chi connectivity index (χ1v) is 13.9. The van der Waals surface area contributed by atoms with Crippen molar-refractivity contribution < 1.29 is 30.9 Å². The van der Waals surface area contributed by atoms with Gasteiger partial charge in [0.05, 0.1) is 10.1 Å². The fraction of sp³-hybridized carbons (Fsp3) is 0.435. The lowest BCUT2D eigenvalue weighted by Gasteiger charge is -2.29. The number of halogens is 3. The number of hydrogen-bond acceptors (Lipinski definition) is 5. The highest BCUT2D eigenvalue weighted by Gasteiger charge is 2.37. The third kappa shape index (κ3) is 7.23. The molecule has 0 N–H and O–H groups in total. The van der Waals surface area contributed by atoms with Crippen molar-refractivity contribution in [2.45, 2.75) is 49.9 Å². The van der Waals surface area contributed by atoms with Crippen LogP contribution in [0.2, 0.25) is 5.02 Å². The smallest absolute Gasteiger partial charge is 0.422 e. The van der Waals surface area contributed by atoms with Gasteiger partial charge in [0.1, 0.15) is 28.2 Å². The Morgan fingerprint density at radius 2 is 1.74 bits per heavy atom. The van der Waals surface area contributed by atoms with Gasteiger partial charge in [-0.05, 0) is 75.6 Å². The summed E-state index contributed by atoms with van der Waals surface area (Å²) in [6.45, 7) is 6.40. The van der Waals surface area contributed by atoms with Gasteiger partial charge in [-0.2, -0.15) is 0 Å². The Balaban J connectivity index is 2.44. The van der Waals surface area contributed by atoms with Crippen molar-refractivity contribution in [3.8, 4) is 0 Å². The Bertz CT molecular complexity index is 1150. The minimum absolute atomic E-state index is 0.0201. The van der Waals surface area contributed by atoms with Crippen molar-refractivity contribution in [2.75, 3.05) is 12.8 Å². The molecule has 0 aliphatic heterocycles. The van der Waals surface area contributed by atoms with Crippen LogP contribution in [-0.2, 0) is 25.6 Å². The predicted molar refractivity (Wildman–Crippen MR) is 129 cm³/mol. The Kier molecular flexibility index (Phi) is 9.23. The molecule has 0 saturated carbocycles. The Morgan fingerprint density at radius 1 is 1.15 bits per heavy atom. The molecule has 6 nitrogen and oxygen atoms in total. The van der Waals surface area contributed by atoms with E-state index in [1.165, 1.54) is 30.5 Å². The van der Waals surface area contributed by atoms with Crippen molar-refractivity contribution in [3.63, 3.8) is 0 Å². The summed E-state index contributed by atoms with van der Waals surface area (Å²) in [6, 6.07) is 8.00. The van der Waals surface area contributed by atoms with Gasteiger partial charge in [0.2, 0.25) is 0 Å². The number of carbonyl (C=O) groups is 1. The van der Waals surface area contributed by atoms with Crippen LogP contribution in [-0.4, -0.2) is 41.4 Å². The standard InChI is InChI=1S/C23H28ClF2NO5S2/c1-15(12-13-27(33(5)29)22(28)32-23(2,3)4)21(19-14-17(25)8-11-20(19)26)34(30,31)18-9-6-16(24)7-10-18/h6-11,14-15,21H,12-13H2,1-5H3. The van der Waals surface area contributed by atoms with Gasteiger partial charge in [-0.15, -0.1) is 0 Å². The fourth-order valence-electron chi connectivity index (χ4n) is 3.39. The van der Waals surface area contributed by atoms with E-state index in [-0.39, 0.29) is 23.4 Å². The molecule has 11 heteroatoms. The first-order valence-electron chi connectivity index (χ1n) is 10.4. The summed E-state index contributed by atoms with van der Waals surface area (Å²) >= 11 is 5.87. The second-order valence-corrected chi connectivity index (χ2v) is 12.7. The van der Waals surface area contributed by atoms with E-state index >= 15 is 0 Å². The lowest BCUT2D eigenvalue weighted by atomic mass is 9.96. The largest absolute Gasteiger partial charge is 0.443 e. The van der Waals surface area contributed by atoms with Gasteiger partial charge in [0.25, 0.3) is 0 Å². The molecule has 0 spiro atoms. The summed E-state index contributed by atoms with van der Waals surface area (Å²) in [7, 11) is -5.95. The molecule has 0 saturated heterocycles. The van der Waals surface area contributed by atoms with E-state index in [0.717, 1.165) is 22.5 Å². The highest BCUT2D eigenvalue weighted by atomic mass is 35.5. The van der Waals surface area contributed by atoms with Gasteiger partial charge in [-0.1, -0.05) is 18.5 Å². The van der Waals surface area contributed by atoms with E-state index in [0.29, 0.717) is 5.02 Å². The summed E-state index contributed by atoms with van der Waals surface area (Å²) in [5.41, 5.74) is -1.16. The number of ether oxygens (including phenoxy) is 1. The van der Waals surface area contributed by atoms with E-state index in [1.807, 2.05) is 0 Å². The molecule has 0 aromatic heterocycles. The molecule has 3 unspecified atom stereocenters. The molecule has 2 rings (SSSR count). The minimum Gasteiger partial charge on any atom is -0.443 e. The van der Waals surface area contributed by atoms with Crippen LogP contribution in [0.25, 0.3) is 0 Å². The topological polar surface area (TPSA) is 80.8 Å². The maximum atomic E-state index is 14.7. The highest BCUT2D eigenvalue weighted by molar-refractivity contribution is 7.91. The van der Waals surface area contributed by atoms with Crippen LogP contribution in [0, 0.1) is 17.6 Å². The highest BCUT2D eigenvalue weighted by Crippen LogP contribution is 2.38. The predicted octanol–water partition coefficient (Wildman–Crippen LogP) is 5.69. The molecule has 2 aromatic carbocycles. The lowest BCUT2D eigenvalue weighted by Crippen LogP contribution is -2.39. The normalized spacial score (nSPS) is 14.8. The van der Waals surface area contributed by atoms with Crippen LogP contribution in [0.4, 0.5) is 13.6 Å². The van der Waals surface area contributed by atoms with Crippen molar-refractivity contribution in [1.82, 2.24) is 4.31 Å². The molecule has 188 valence electrons. The molecule has 0 fully saturated rings. The lowest BCUT2D eigenvalue weighted by molar-refractivity contribution is 0.0393. The van der Waals surface area contributed by atoms with Crippen molar-refractivity contribution in [3.05, 3.63) is 64.7 Å². The summed E-state index contributed by atoms with van der Waals surface area (Å²) in [4.78, 5) is 12.4. The zero-order valence-electron chi connectivity index (χ0n) is 19.5. The van der Waals surface area contributed by atoms with Gasteiger partial charge in [-0.25, -0.2) is 30.5 Å². The molecule has 2 aromatic rings. The third-order valence-electron chi connectivity index (χ3n) is 4.95. The van der Waals surface area contributed by atoms with E-state index in [1.54, 1.807) is 27.7 Å². The van der Waals surface area contributed by atoms with Crippen molar-refractivity contribution in [2.24, 2.45) is 5.92 Å². The first-order chi connectivity index (χ1) is 15.6. The molecule has 0 radical (unpaired) electrons. The average Bonchev–Trinajstić information content (AvgIpc) is 2.69. The Hall–Kier alpha value is -2.04. The number of benzene rings is 2. The molecule has 0 heterocycles. The molecular weight excluding hydrogens is 508 g/mol. The summed E-state index contributed by atoms with van der Waals surface area (Å²) in [6.07, 6.45) is 0.490. The summed E-state index contributed by atoms with van der Waals surface area (Å²) < 4.78 is 74.3. The maximum absolute atomic E-state index is 14.7. The zero-order chi connectivity index (χ0) is 25.8. The van der Waals surface area contributed by atoms with E-state index < -0.39 is 55.3 Å². The van der Waals surface area contributed by atoms with Crippen LogP contribution in [0.1, 0.15) is 44.9 Å². The van der Waals surface area contributed by atoms with E-state index in [4.69, 9.17) is 16.3 Å². The van der Waals surface area contributed by atoms with Gasteiger partial charge in [0.15, 0.2) is 9.84 Å². The van der Waals surface area contributed by atoms with Crippen LogP contribution in [0.15, 0.2) is 47.4 Å². The summed E-state index contributed by atoms with van der Waals surface area (Å²) in [5.74, 6) is -2.46. The van der Waals surface area contributed by atoms with E-state index in [2.05, 4.69) is 0 Å². The van der Waals surface area contributed by atoms with Crippen molar-refractivity contribution >= 4 is 38.5 Å². The van der Waals surface area contributed by atoms with Crippen molar-refractivity contribution in [1.29, 1.82) is 0 Å². The molecule has 0 bridgehead atoms. The van der Waals surface area contributed by atoms with Crippen LogP contribution in [0.3, 0.4) is 0 Å². The molecule has 0 aliphatic carbocycles. The summed E-state index contributed by atoms with van der Waals surface area (Å²) in [5, 5.41) is -1.16. The van der Waals surface area contributed by atoms with Crippen LogP contribution >= 0.6 is 11.6 Å². The van der Waals surface area contributed by atoms with Crippen LogP contribution in [0.5, 0.6) is 0 Å². The van der Waals surface area contributed by atoms with Gasteiger partial charge in [-0.3, -0.25) is 0 Å². The second-order valence-electron chi connectivity index (χ2n) is 8.86. The Morgan fingerprint density at radius 3 is 2.26 bits per heavy atom. The number of carbonyl (C=O) groups excluding carboxylic acids is 1. The number of amides is 1. The Labute approximate surface area is 206 Å². The number of nitrogens with zero attached hydrogens (tertiary/aromatic N) is 1. The molecule has 3 atom stereocenters. The van der Waals surface area contributed by atoms with Gasteiger partial charge >= 0.3 is 6.09 Å². The number of rotatable bonds is 8. The van der Waals surface area contributed by atoms with Gasteiger partial charge < -0.3 is 4.74 Å². The van der Waals surface area contributed by atoms with E-state index in [9.17, 15) is 26.2 Å². The minimum atomic E-state index is -4.20. The number of hydrogen-bond donors (Lipinski definition) is 0. The molecule has 0 aliphatic rings. The molecule has 1 amide bonds. The van der Waals surface area contributed by atoms with Gasteiger partial charge in [0, 0.05) is 23.4 Å². The maximum Gasteiger partial charge on any atom is 0.422 e. The molecular formula is C23H28ClF2NO5S2. The van der Waals surface area contributed by atoms with Crippen LogP contribution < -0.4 is 0 Å². The average molecular weight is 536 g/mol. The first kappa shape index (κ1) is 28.2. The second kappa shape index (κ2) is 11.1. The quantitative estimate of drug-likeness (QED) is 0.434. The third-order valence-corrected chi connectivity index (χ3v) is 8.47.